The number of halogens is 1. The molecule has 0 bridgehead atoms. The monoisotopic (exact) mass is 336 g/mol. The molecule has 0 unspecified atom stereocenters. The number of aromatic nitrogens is 4. The van der Waals surface area contributed by atoms with Crippen LogP contribution >= 0.6 is 0 Å². The summed E-state index contributed by atoms with van der Waals surface area (Å²) in [6.07, 6.45) is 3.00. The molecular weight excluding hydrogens is 323 g/mol. The number of hydrogen-bond donors (Lipinski definition) is 0. The number of fused-ring (bicyclic) bond motifs is 1. The van der Waals surface area contributed by atoms with E-state index in [2.05, 4.69) is 5.10 Å². The molecule has 0 aliphatic heterocycles. The van der Waals surface area contributed by atoms with Gasteiger partial charge in [-0.15, -0.1) is 5.10 Å². The molecule has 6 nitrogen and oxygen atoms in total. The fourth-order valence-electron chi connectivity index (χ4n) is 2.69. The summed E-state index contributed by atoms with van der Waals surface area (Å²) in [6.45, 7) is -0.0437. The summed E-state index contributed by atoms with van der Waals surface area (Å²) in [5, 5.41) is 4.10. The highest BCUT2D eigenvalue weighted by Crippen LogP contribution is 2.08. The molecule has 0 aliphatic rings. The maximum absolute atomic E-state index is 13.8. The summed E-state index contributed by atoms with van der Waals surface area (Å²) in [7, 11) is 0. The van der Waals surface area contributed by atoms with E-state index in [1.54, 1.807) is 30.3 Å². The van der Waals surface area contributed by atoms with Crippen LogP contribution in [0.2, 0.25) is 0 Å². The van der Waals surface area contributed by atoms with Crippen molar-refractivity contribution in [1.29, 1.82) is 0 Å². The lowest BCUT2D eigenvalue weighted by atomic mass is 10.2. The van der Waals surface area contributed by atoms with Crippen molar-refractivity contribution in [3.63, 3.8) is 0 Å². The first-order valence-electron chi connectivity index (χ1n) is 7.65. The zero-order valence-electron chi connectivity index (χ0n) is 13.0. The largest absolute Gasteiger partial charge is 0.350 e. The molecule has 0 fully saturated rings. The van der Waals surface area contributed by atoms with Crippen LogP contribution in [0.4, 0.5) is 4.39 Å². The van der Waals surface area contributed by atoms with Gasteiger partial charge < -0.3 is 0 Å². The third-order valence-electron chi connectivity index (χ3n) is 3.96. The van der Waals surface area contributed by atoms with Gasteiger partial charge in [-0.05, 0) is 18.2 Å². The quantitative estimate of drug-likeness (QED) is 0.573. The second-order valence-corrected chi connectivity index (χ2v) is 5.53. The van der Waals surface area contributed by atoms with Gasteiger partial charge in [-0.3, -0.25) is 9.36 Å². The SMILES string of the molecule is O=c1c2nn(Cc3ccccc3F)c(=O)n2ccn1-c1ccccc1. The van der Waals surface area contributed by atoms with E-state index in [0.717, 1.165) is 4.68 Å². The first-order valence-corrected chi connectivity index (χ1v) is 7.65. The highest BCUT2D eigenvalue weighted by molar-refractivity contribution is 5.39. The van der Waals surface area contributed by atoms with Crippen LogP contribution in [-0.2, 0) is 6.54 Å². The maximum atomic E-state index is 13.8. The zero-order chi connectivity index (χ0) is 17.4. The van der Waals surface area contributed by atoms with Crippen molar-refractivity contribution < 1.29 is 4.39 Å². The summed E-state index contributed by atoms with van der Waals surface area (Å²) in [5.74, 6) is -0.423. The van der Waals surface area contributed by atoms with E-state index in [9.17, 15) is 14.0 Å². The molecule has 0 N–H and O–H groups in total. The summed E-state index contributed by atoms with van der Waals surface area (Å²) in [4.78, 5) is 25.1. The number of benzene rings is 2. The van der Waals surface area contributed by atoms with Crippen molar-refractivity contribution in [2.75, 3.05) is 0 Å². The summed E-state index contributed by atoms with van der Waals surface area (Å²) in [6, 6.07) is 15.2. The molecular formula is C18H13FN4O2. The van der Waals surface area contributed by atoms with Crippen LogP contribution in [0.3, 0.4) is 0 Å². The maximum Gasteiger partial charge on any atom is 0.350 e. The minimum absolute atomic E-state index is 0.00677. The van der Waals surface area contributed by atoms with E-state index in [4.69, 9.17) is 0 Å². The molecule has 4 rings (SSSR count). The Morgan fingerprint density at radius 1 is 0.920 bits per heavy atom. The van der Waals surface area contributed by atoms with Gasteiger partial charge in [-0.25, -0.2) is 18.3 Å². The van der Waals surface area contributed by atoms with E-state index in [-0.39, 0.29) is 12.2 Å². The summed E-state index contributed by atoms with van der Waals surface area (Å²) >= 11 is 0. The lowest BCUT2D eigenvalue weighted by Gasteiger charge is -2.04. The van der Waals surface area contributed by atoms with E-state index < -0.39 is 17.1 Å². The number of hydrogen-bond acceptors (Lipinski definition) is 3. The van der Waals surface area contributed by atoms with Gasteiger partial charge in [0.2, 0.25) is 5.65 Å². The van der Waals surface area contributed by atoms with Gasteiger partial charge in [0.1, 0.15) is 5.82 Å². The normalized spacial score (nSPS) is 11.1. The van der Waals surface area contributed by atoms with Crippen LogP contribution in [0.1, 0.15) is 5.56 Å². The molecule has 2 aromatic carbocycles. The van der Waals surface area contributed by atoms with E-state index in [0.29, 0.717) is 11.3 Å². The van der Waals surface area contributed by atoms with Crippen molar-refractivity contribution in [2.45, 2.75) is 6.54 Å². The molecule has 124 valence electrons. The standard InChI is InChI=1S/C18H13FN4O2/c19-15-9-5-4-6-13(15)12-23-18(25)22-11-10-21(17(24)16(22)20-23)14-7-2-1-3-8-14/h1-11H,12H2. The molecule has 0 aliphatic carbocycles. The fourth-order valence-corrected chi connectivity index (χ4v) is 2.69. The van der Waals surface area contributed by atoms with E-state index in [1.807, 2.05) is 18.2 Å². The van der Waals surface area contributed by atoms with Crippen molar-refractivity contribution in [3.8, 4) is 5.69 Å². The second kappa shape index (κ2) is 5.86. The van der Waals surface area contributed by atoms with Crippen molar-refractivity contribution >= 4 is 5.65 Å². The second-order valence-electron chi connectivity index (χ2n) is 5.53. The Balaban J connectivity index is 1.85. The molecule has 25 heavy (non-hydrogen) atoms. The molecule has 0 radical (unpaired) electrons. The minimum atomic E-state index is -0.490. The summed E-state index contributed by atoms with van der Waals surface area (Å²) in [5.41, 5.74) is 0.0869. The van der Waals surface area contributed by atoms with Crippen molar-refractivity contribution in [2.24, 2.45) is 0 Å². The molecule has 0 saturated carbocycles. The van der Waals surface area contributed by atoms with Gasteiger partial charge in [-0.1, -0.05) is 36.4 Å². The lowest BCUT2D eigenvalue weighted by molar-refractivity contribution is 0.578. The predicted octanol–water partition coefficient (Wildman–Crippen LogP) is 1.83. The van der Waals surface area contributed by atoms with E-state index >= 15 is 0 Å². The van der Waals surface area contributed by atoms with Crippen LogP contribution in [0.5, 0.6) is 0 Å². The molecule has 4 aromatic rings. The third kappa shape index (κ3) is 2.55. The minimum Gasteiger partial charge on any atom is -0.280 e. The lowest BCUT2D eigenvalue weighted by Crippen LogP contribution is -2.24. The molecule has 0 atom stereocenters. The van der Waals surface area contributed by atoms with Gasteiger partial charge in [0, 0.05) is 23.6 Å². The topological polar surface area (TPSA) is 61.3 Å². The predicted molar refractivity (Wildman–Crippen MR) is 90.6 cm³/mol. The van der Waals surface area contributed by atoms with Gasteiger partial charge in [0.05, 0.1) is 6.54 Å². The Morgan fingerprint density at radius 2 is 1.64 bits per heavy atom. The van der Waals surface area contributed by atoms with Gasteiger partial charge >= 0.3 is 11.2 Å². The number of para-hydroxylation sites is 1. The Morgan fingerprint density at radius 3 is 2.40 bits per heavy atom. The van der Waals surface area contributed by atoms with Gasteiger partial charge in [0.15, 0.2) is 0 Å². The number of nitrogens with zero attached hydrogens (tertiary/aromatic N) is 4. The van der Waals surface area contributed by atoms with Crippen molar-refractivity contribution in [3.05, 3.63) is 99.2 Å². The molecule has 2 heterocycles. The first-order chi connectivity index (χ1) is 12.1. The fraction of sp³-hybridized carbons (Fsp3) is 0.0556. The van der Waals surface area contributed by atoms with Crippen LogP contribution < -0.4 is 11.2 Å². The Hall–Kier alpha value is -3.48. The number of rotatable bonds is 3. The molecule has 2 aromatic heterocycles. The Bertz CT molecular complexity index is 1180. The molecule has 7 heteroatoms. The van der Waals surface area contributed by atoms with Crippen LogP contribution in [0.25, 0.3) is 11.3 Å². The van der Waals surface area contributed by atoms with Gasteiger partial charge in [-0.2, -0.15) is 0 Å². The van der Waals surface area contributed by atoms with Crippen molar-refractivity contribution in [1.82, 2.24) is 18.7 Å². The zero-order valence-corrected chi connectivity index (χ0v) is 13.0. The molecule has 0 spiro atoms. The summed E-state index contributed by atoms with van der Waals surface area (Å²) < 4.78 is 17.5. The highest BCUT2D eigenvalue weighted by Gasteiger charge is 2.13. The smallest absolute Gasteiger partial charge is 0.280 e. The Labute approximate surface area is 141 Å². The van der Waals surface area contributed by atoms with Crippen LogP contribution in [-0.4, -0.2) is 18.7 Å². The van der Waals surface area contributed by atoms with Crippen LogP contribution in [0.15, 0.2) is 76.6 Å². The first kappa shape index (κ1) is 15.1. The molecule has 0 saturated heterocycles. The third-order valence-corrected chi connectivity index (χ3v) is 3.96. The van der Waals surface area contributed by atoms with E-state index in [1.165, 1.54) is 27.4 Å². The average molecular weight is 336 g/mol. The Kier molecular flexibility index (Phi) is 3.53. The van der Waals surface area contributed by atoms with Crippen LogP contribution in [0, 0.1) is 5.82 Å². The average Bonchev–Trinajstić information content (AvgIpc) is 2.95. The highest BCUT2D eigenvalue weighted by atomic mass is 19.1. The molecule has 0 amide bonds. The van der Waals surface area contributed by atoms with Gasteiger partial charge in [0.25, 0.3) is 0 Å².